The predicted molar refractivity (Wildman–Crippen MR) is 97.4 cm³/mol. The smallest absolute Gasteiger partial charge is 0.199 e. The van der Waals surface area contributed by atoms with Crippen molar-refractivity contribution in [3.05, 3.63) is 95.6 Å². The van der Waals surface area contributed by atoms with Gasteiger partial charge in [-0.25, -0.2) is 0 Å². The highest BCUT2D eigenvalue weighted by atomic mass is 16.5. The van der Waals surface area contributed by atoms with Crippen LogP contribution in [0.4, 0.5) is 0 Å². The van der Waals surface area contributed by atoms with Gasteiger partial charge in [0.25, 0.3) is 0 Å². The van der Waals surface area contributed by atoms with Gasteiger partial charge in [-0.15, -0.1) is 0 Å². The lowest BCUT2D eigenvalue weighted by atomic mass is 9.93. The number of ketones is 1. The molecule has 3 aromatic carbocycles. The third-order valence-corrected chi connectivity index (χ3v) is 4.42. The van der Waals surface area contributed by atoms with Crippen LogP contribution in [0.2, 0.25) is 0 Å². The van der Waals surface area contributed by atoms with Crippen molar-refractivity contribution in [2.45, 2.75) is 18.8 Å². The molecule has 0 radical (unpaired) electrons. The average molecular weight is 346 g/mol. The van der Waals surface area contributed by atoms with Crippen LogP contribution >= 0.6 is 0 Å². The topological polar surface area (TPSA) is 55.8 Å². The van der Waals surface area contributed by atoms with E-state index in [9.17, 15) is 9.90 Å². The largest absolute Gasteiger partial charge is 0.489 e. The molecule has 0 bridgehead atoms. The highest BCUT2D eigenvalue weighted by Gasteiger charge is 2.36. The number of rotatable bonds is 4. The molecule has 3 aromatic rings. The fraction of sp³-hybridized carbons (Fsp3) is 0.136. The van der Waals surface area contributed by atoms with Crippen LogP contribution in [0, 0.1) is 0 Å². The number of Topliss-reactive ketones (excluding diaryl/α,β-unsaturated/α-hetero) is 1. The van der Waals surface area contributed by atoms with Gasteiger partial charge >= 0.3 is 0 Å². The van der Waals surface area contributed by atoms with Gasteiger partial charge in [-0.05, 0) is 35.4 Å². The summed E-state index contributed by atoms with van der Waals surface area (Å²) in [6.07, 6.45) is -1.94. The van der Waals surface area contributed by atoms with Gasteiger partial charge < -0.3 is 14.6 Å². The van der Waals surface area contributed by atoms with Gasteiger partial charge in [-0.2, -0.15) is 0 Å². The summed E-state index contributed by atoms with van der Waals surface area (Å²) in [5.41, 5.74) is 2.23. The molecular formula is C22H18O4. The Kier molecular flexibility index (Phi) is 4.42. The van der Waals surface area contributed by atoms with E-state index in [1.165, 1.54) is 0 Å². The van der Waals surface area contributed by atoms with Crippen molar-refractivity contribution < 1.29 is 19.4 Å². The number of aliphatic hydroxyl groups excluding tert-OH is 1. The number of para-hydroxylation sites is 1. The quantitative estimate of drug-likeness (QED) is 0.777. The predicted octanol–water partition coefficient (Wildman–Crippen LogP) is 3.94. The first-order valence-corrected chi connectivity index (χ1v) is 8.47. The molecule has 0 saturated heterocycles. The lowest BCUT2D eigenvalue weighted by Gasteiger charge is -2.29. The first-order valence-electron chi connectivity index (χ1n) is 8.47. The Hall–Kier alpha value is -3.11. The van der Waals surface area contributed by atoms with Crippen LogP contribution in [-0.2, 0) is 6.61 Å². The van der Waals surface area contributed by atoms with Crippen LogP contribution in [0.25, 0.3) is 0 Å². The van der Waals surface area contributed by atoms with E-state index in [1.54, 1.807) is 24.3 Å². The maximum atomic E-state index is 12.4. The molecule has 2 atom stereocenters. The zero-order valence-corrected chi connectivity index (χ0v) is 14.0. The normalized spacial score (nSPS) is 18.7. The van der Waals surface area contributed by atoms with Crippen molar-refractivity contribution in [3.63, 3.8) is 0 Å². The number of hydrogen-bond donors (Lipinski definition) is 1. The van der Waals surface area contributed by atoms with Crippen molar-refractivity contribution in [1.29, 1.82) is 0 Å². The molecule has 1 aliphatic rings. The number of benzene rings is 3. The van der Waals surface area contributed by atoms with E-state index in [-0.39, 0.29) is 5.78 Å². The van der Waals surface area contributed by atoms with Crippen LogP contribution < -0.4 is 9.47 Å². The Morgan fingerprint density at radius 2 is 1.58 bits per heavy atom. The van der Waals surface area contributed by atoms with E-state index in [4.69, 9.17) is 9.47 Å². The molecule has 0 unspecified atom stereocenters. The summed E-state index contributed by atoms with van der Waals surface area (Å²) in [4.78, 5) is 12.4. The highest BCUT2D eigenvalue weighted by molar-refractivity contribution is 6.03. The van der Waals surface area contributed by atoms with Crippen LogP contribution in [-0.4, -0.2) is 17.0 Å². The SMILES string of the molecule is O=C1c2ccccc2O[C@H](c2ccc(OCc3ccccc3)cc2)[C@H]1O. The second-order valence-electron chi connectivity index (χ2n) is 6.19. The molecule has 0 amide bonds. The van der Waals surface area contributed by atoms with Gasteiger partial charge in [0, 0.05) is 0 Å². The van der Waals surface area contributed by atoms with Crippen molar-refractivity contribution in [2.75, 3.05) is 0 Å². The first kappa shape index (κ1) is 16.4. The maximum absolute atomic E-state index is 12.4. The number of hydrogen-bond acceptors (Lipinski definition) is 4. The van der Waals surface area contributed by atoms with Gasteiger partial charge in [0.05, 0.1) is 5.56 Å². The molecule has 0 saturated carbocycles. The van der Waals surface area contributed by atoms with Crippen LogP contribution in [0.5, 0.6) is 11.5 Å². The number of carbonyl (C=O) groups is 1. The van der Waals surface area contributed by atoms with Crippen molar-refractivity contribution in [1.82, 2.24) is 0 Å². The van der Waals surface area contributed by atoms with Crippen LogP contribution in [0.1, 0.15) is 27.6 Å². The second-order valence-corrected chi connectivity index (χ2v) is 6.19. The number of carbonyl (C=O) groups excluding carboxylic acids is 1. The monoisotopic (exact) mass is 346 g/mol. The summed E-state index contributed by atoms with van der Waals surface area (Å²) < 4.78 is 11.6. The fourth-order valence-corrected chi connectivity index (χ4v) is 3.02. The summed E-state index contributed by atoms with van der Waals surface area (Å²) in [7, 11) is 0. The Morgan fingerprint density at radius 1 is 0.885 bits per heavy atom. The number of fused-ring (bicyclic) bond motifs is 1. The number of ether oxygens (including phenoxy) is 2. The van der Waals surface area contributed by atoms with Crippen LogP contribution in [0.15, 0.2) is 78.9 Å². The lowest BCUT2D eigenvalue weighted by Crippen LogP contribution is -2.36. The minimum atomic E-state index is -1.22. The molecule has 0 fully saturated rings. The summed E-state index contributed by atoms with van der Waals surface area (Å²) in [6.45, 7) is 0.481. The van der Waals surface area contributed by atoms with Crippen molar-refractivity contribution in [3.8, 4) is 11.5 Å². The highest BCUT2D eigenvalue weighted by Crippen LogP contribution is 2.35. The Labute approximate surface area is 151 Å². The molecule has 130 valence electrons. The molecule has 4 heteroatoms. The van der Waals surface area contributed by atoms with E-state index >= 15 is 0 Å². The van der Waals surface area contributed by atoms with E-state index < -0.39 is 12.2 Å². The minimum Gasteiger partial charge on any atom is -0.489 e. The van der Waals surface area contributed by atoms with E-state index in [1.807, 2.05) is 54.6 Å². The molecular weight excluding hydrogens is 328 g/mol. The van der Waals surface area contributed by atoms with E-state index in [0.717, 1.165) is 16.9 Å². The van der Waals surface area contributed by atoms with E-state index in [2.05, 4.69) is 0 Å². The summed E-state index contributed by atoms with van der Waals surface area (Å²) >= 11 is 0. The molecule has 0 aliphatic carbocycles. The molecule has 4 nitrogen and oxygen atoms in total. The molecule has 1 N–H and O–H groups in total. The van der Waals surface area contributed by atoms with Crippen molar-refractivity contribution in [2.24, 2.45) is 0 Å². The van der Waals surface area contributed by atoms with E-state index in [0.29, 0.717) is 17.9 Å². The lowest BCUT2D eigenvalue weighted by molar-refractivity contribution is 0.0216. The molecule has 0 spiro atoms. The standard InChI is InChI=1S/C22H18O4/c23-20-18-8-4-5-9-19(18)26-22(21(20)24)16-10-12-17(13-11-16)25-14-15-6-2-1-3-7-15/h1-13,21-22,24H,14H2/t21-,22+/m0/s1. The Morgan fingerprint density at radius 3 is 2.35 bits per heavy atom. The fourth-order valence-electron chi connectivity index (χ4n) is 3.02. The average Bonchev–Trinajstić information content (AvgIpc) is 2.70. The summed E-state index contributed by atoms with van der Waals surface area (Å²) in [5.74, 6) is 0.896. The Bertz CT molecular complexity index is 903. The van der Waals surface area contributed by atoms with Gasteiger partial charge in [-0.3, -0.25) is 4.79 Å². The van der Waals surface area contributed by atoms with Gasteiger partial charge in [0.2, 0.25) is 0 Å². The second kappa shape index (κ2) is 7.02. The number of aliphatic hydroxyl groups is 1. The molecule has 0 aromatic heterocycles. The molecule has 26 heavy (non-hydrogen) atoms. The molecule has 1 heterocycles. The zero-order valence-electron chi connectivity index (χ0n) is 14.0. The third-order valence-electron chi connectivity index (χ3n) is 4.42. The van der Waals surface area contributed by atoms with Gasteiger partial charge in [0.1, 0.15) is 18.1 Å². The summed E-state index contributed by atoms with van der Waals surface area (Å²) in [5, 5.41) is 10.4. The minimum absolute atomic E-state index is 0.318. The van der Waals surface area contributed by atoms with Crippen LogP contribution in [0.3, 0.4) is 0 Å². The van der Waals surface area contributed by atoms with Crippen molar-refractivity contribution >= 4 is 5.78 Å². The Balaban J connectivity index is 1.49. The molecule has 4 rings (SSSR count). The van der Waals surface area contributed by atoms with Gasteiger partial charge in [0.15, 0.2) is 18.0 Å². The zero-order chi connectivity index (χ0) is 17.9. The first-order chi connectivity index (χ1) is 12.7. The van der Waals surface area contributed by atoms with Gasteiger partial charge in [-0.1, -0.05) is 54.6 Å². The third kappa shape index (κ3) is 3.19. The maximum Gasteiger partial charge on any atom is 0.199 e. The summed E-state index contributed by atoms with van der Waals surface area (Å²) in [6, 6.07) is 24.1. The molecule has 1 aliphatic heterocycles.